The molecule has 0 fully saturated rings. The summed E-state index contributed by atoms with van der Waals surface area (Å²) in [7, 11) is 0. The van der Waals surface area contributed by atoms with E-state index >= 15 is 0 Å². The van der Waals surface area contributed by atoms with Gasteiger partial charge in [0.15, 0.2) is 6.10 Å². The van der Waals surface area contributed by atoms with Gasteiger partial charge >= 0.3 is 17.9 Å². The molecule has 6 heteroatoms. The highest BCUT2D eigenvalue weighted by atomic mass is 16.6. The summed E-state index contributed by atoms with van der Waals surface area (Å²) in [6.45, 7) is 11.2. The van der Waals surface area contributed by atoms with Crippen molar-refractivity contribution in [1.29, 1.82) is 0 Å². The first kappa shape index (κ1) is 47.4. The molecule has 0 aliphatic heterocycles. The topological polar surface area (TPSA) is 78.9 Å². The van der Waals surface area contributed by atoms with Crippen LogP contribution in [0, 0.1) is 11.8 Å². The summed E-state index contributed by atoms with van der Waals surface area (Å²) in [5.74, 6) is 0.740. The van der Waals surface area contributed by atoms with Crippen molar-refractivity contribution in [3.8, 4) is 0 Å². The van der Waals surface area contributed by atoms with E-state index in [9.17, 15) is 14.4 Å². The maximum absolute atomic E-state index is 12.6. The van der Waals surface area contributed by atoms with E-state index in [2.05, 4.69) is 34.6 Å². The molecule has 0 radical (unpaired) electrons. The summed E-state index contributed by atoms with van der Waals surface area (Å²) in [5, 5.41) is 0. The van der Waals surface area contributed by atoms with Gasteiger partial charge < -0.3 is 14.2 Å². The molecule has 49 heavy (non-hydrogen) atoms. The molecular formula is C43H82O6. The molecule has 0 heterocycles. The van der Waals surface area contributed by atoms with Gasteiger partial charge in [0.25, 0.3) is 0 Å². The highest BCUT2D eigenvalue weighted by Crippen LogP contribution is 2.16. The average molecular weight is 695 g/mol. The number of carbonyl (C=O) groups is 3. The summed E-state index contributed by atoms with van der Waals surface area (Å²) in [6.07, 6.45) is 32.3. The van der Waals surface area contributed by atoms with Crippen molar-refractivity contribution in [2.45, 2.75) is 233 Å². The number of rotatable bonds is 37. The van der Waals surface area contributed by atoms with Gasteiger partial charge in [-0.15, -0.1) is 0 Å². The Hall–Kier alpha value is -1.59. The summed E-state index contributed by atoms with van der Waals surface area (Å²) in [6, 6.07) is 0. The van der Waals surface area contributed by atoms with E-state index in [1.54, 1.807) is 0 Å². The van der Waals surface area contributed by atoms with Crippen LogP contribution in [0.4, 0.5) is 0 Å². The lowest BCUT2D eigenvalue weighted by Gasteiger charge is -2.18. The number of ether oxygens (including phenoxy) is 3. The molecule has 1 unspecified atom stereocenters. The maximum atomic E-state index is 12.6. The minimum atomic E-state index is -0.760. The predicted molar refractivity (Wildman–Crippen MR) is 206 cm³/mol. The van der Waals surface area contributed by atoms with Crippen LogP contribution in [-0.4, -0.2) is 37.2 Å². The minimum absolute atomic E-state index is 0.0664. The van der Waals surface area contributed by atoms with Crippen LogP contribution in [0.25, 0.3) is 0 Å². The standard InChI is InChI=1S/C43H82O6/c1-6-8-9-10-11-12-13-17-23-28-33-41(44)47-36-40(37-48-42(45)34-29-24-20-19-22-27-32-39(5)7-2)49-43(46)35-30-25-18-15-14-16-21-26-31-38(3)4/h38-40H,6-37H2,1-5H3/t39?,40-/m1/s1. The number of unbranched alkanes of at least 4 members (excludes halogenated alkanes) is 21. The van der Waals surface area contributed by atoms with E-state index in [0.717, 1.165) is 69.6 Å². The van der Waals surface area contributed by atoms with E-state index in [-0.39, 0.29) is 31.1 Å². The second kappa shape index (κ2) is 36.2. The number of esters is 3. The lowest BCUT2D eigenvalue weighted by Crippen LogP contribution is -2.30. The fourth-order valence-corrected chi connectivity index (χ4v) is 6.19. The van der Waals surface area contributed by atoms with Crippen LogP contribution in [-0.2, 0) is 28.6 Å². The van der Waals surface area contributed by atoms with Crippen LogP contribution in [0.1, 0.15) is 227 Å². The molecule has 290 valence electrons. The Balaban J connectivity index is 4.37. The van der Waals surface area contributed by atoms with Crippen molar-refractivity contribution >= 4 is 17.9 Å². The molecule has 0 amide bonds. The first-order valence-electron chi connectivity index (χ1n) is 21.3. The highest BCUT2D eigenvalue weighted by molar-refractivity contribution is 5.71. The van der Waals surface area contributed by atoms with Crippen molar-refractivity contribution < 1.29 is 28.6 Å². The number of carbonyl (C=O) groups excluding carboxylic acids is 3. The van der Waals surface area contributed by atoms with Gasteiger partial charge in [0.05, 0.1) is 0 Å². The van der Waals surface area contributed by atoms with Crippen LogP contribution >= 0.6 is 0 Å². The zero-order chi connectivity index (χ0) is 36.2. The molecule has 0 bridgehead atoms. The Morgan fingerprint density at radius 2 is 0.776 bits per heavy atom. The fraction of sp³-hybridized carbons (Fsp3) is 0.930. The molecule has 0 aromatic heterocycles. The SMILES string of the molecule is CCCCCCCCCCCCC(=O)OC[C@H](COC(=O)CCCCCCCCC(C)CC)OC(=O)CCCCCCCCCCC(C)C. The van der Waals surface area contributed by atoms with Gasteiger partial charge in [-0.3, -0.25) is 14.4 Å². The van der Waals surface area contributed by atoms with Gasteiger partial charge in [-0.2, -0.15) is 0 Å². The highest BCUT2D eigenvalue weighted by Gasteiger charge is 2.19. The van der Waals surface area contributed by atoms with E-state index in [4.69, 9.17) is 14.2 Å². The lowest BCUT2D eigenvalue weighted by atomic mass is 10.00. The Labute approximate surface area is 304 Å². The molecule has 0 aliphatic carbocycles. The molecule has 0 aromatic rings. The fourth-order valence-electron chi connectivity index (χ4n) is 6.19. The van der Waals surface area contributed by atoms with Crippen LogP contribution in [0.15, 0.2) is 0 Å². The first-order valence-corrected chi connectivity index (χ1v) is 21.3. The van der Waals surface area contributed by atoms with E-state index < -0.39 is 6.10 Å². The molecule has 0 rings (SSSR count). The molecule has 0 saturated carbocycles. The van der Waals surface area contributed by atoms with Crippen molar-refractivity contribution in [2.24, 2.45) is 11.8 Å². The lowest BCUT2D eigenvalue weighted by molar-refractivity contribution is -0.167. The van der Waals surface area contributed by atoms with Crippen LogP contribution in [0.2, 0.25) is 0 Å². The molecule has 2 atom stereocenters. The normalized spacial score (nSPS) is 12.6. The molecule has 0 aromatic carbocycles. The molecule has 0 saturated heterocycles. The van der Waals surface area contributed by atoms with Crippen LogP contribution in [0.5, 0.6) is 0 Å². The van der Waals surface area contributed by atoms with E-state index in [0.29, 0.717) is 19.3 Å². The third-order valence-corrected chi connectivity index (χ3v) is 9.83. The Kier molecular flexibility index (Phi) is 35.0. The second-order valence-corrected chi connectivity index (χ2v) is 15.3. The first-order chi connectivity index (χ1) is 23.8. The van der Waals surface area contributed by atoms with Crippen molar-refractivity contribution in [1.82, 2.24) is 0 Å². The minimum Gasteiger partial charge on any atom is -0.462 e. The molecule has 0 aliphatic rings. The van der Waals surface area contributed by atoms with Gasteiger partial charge in [-0.05, 0) is 31.1 Å². The summed E-state index contributed by atoms with van der Waals surface area (Å²) in [4.78, 5) is 37.5. The quantitative estimate of drug-likeness (QED) is 0.0366. The molecular weight excluding hydrogens is 612 g/mol. The molecule has 0 spiro atoms. The zero-order valence-corrected chi connectivity index (χ0v) is 33.3. The maximum Gasteiger partial charge on any atom is 0.306 e. The molecule has 0 N–H and O–H groups in total. The Morgan fingerprint density at radius 3 is 1.16 bits per heavy atom. The molecule has 6 nitrogen and oxygen atoms in total. The predicted octanol–water partition coefficient (Wildman–Crippen LogP) is 13.0. The van der Waals surface area contributed by atoms with Crippen molar-refractivity contribution in [3.05, 3.63) is 0 Å². The van der Waals surface area contributed by atoms with Crippen molar-refractivity contribution in [3.63, 3.8) is 0 Å². The second-order valence-electron chi connectivity index (χ2n) is 15.3. The monoisotopic (exact) mass is 695 g/mol. The smallest absolute Gasteiger partial charge is 0.306 e. The number of hydrogen-bond donors (Lipinski definition) is 0. The summed E-state index contributed by atoms with van der Waals surface area (Å²) < 4.78 is 16.6. The van der Waals surface area contributed by atoms with Crippen LogP contribution < -0.4 is 0 Å². The Bertz CT molecular complexity index is 751. The number of hydrogen-bond acceptors (Lipinski definition) is 6. The van der Waals surface area contributed by atoms with Gasteiger partial charge in [0, 0.05) is 19.3 Å². The third-order valence-electron chi connectivity index (χ3n) is 9.83. The average Bonchev–Trinajstić information content (AvgIpc) is 3.08. The van der Waals surface area contributed by atoms with Crippen molar-refractivity contribution in [2.75, 3.05) is 13.2 Å². The summed E-state index contributed by atoms with van der Waals surface area (Å²) >= 11 is 0. The van der Waals surface area contributed by atoms with Gasteiger partial charge in [0.1, 0.15) is 13.2 Å². The van der Waals surface area contributed by atoms with E-state index in [1.165, 1.54) is 116 Å². The third kappa shape index (κ3) is 36.0. The van der Waals surface area contributed by atoms with E-state index in [1.807, 2.05) is 0 Å². The Morgan fingerprint density at radius 1 is 0.429 bits per heavy atom. The van der Waals surface area contributed by atoms with Gasteiger partial charge in [0.2, 0.25) is 0 Å². The zero-order valence-electron chi connectivity index (χ0n) is 33.3. The van der Waals surface area contributed by atoms with Gasteiger partial charge in [-0.1, -0.05) is 189 Å². The van der Waals surface area contributed by atoms with Crippen LogP contribution in [0.3, 0.4) is 0 Å². The largest absolute Gasteiger partial charge is 0.462 e. The van der Waals surface area contributed by atoms with Gasteiger partial charge in [-0.25, -0.2) is 0 Å². The summed E-state index contributed by atoms with van der Waals surface area (Å²) in [5.41, 5.74) is 0.